The minimum Gasteiger partial charge on any atom is -0.381 e. The number of benzene rings is 1. The van der Waals surface area contributed by atoms with E-state index in [2.05, 4.69) is 17.1 Å². The van der Waals surface area contributed by atoms with E-state index in [-0.39, 0.29) is 16.7 Å². The van der Waals surface area contributed by atoms with Gasteiger partial charge in [-0.05, 0) is 25.5 Å². The summed E-state index contributed by atoms with van der Waals surface area (Å²) in [6, 6.07) is 5.21. The van der Waals surface area contributed by atoms with Gasteiger partial charge < -0.3 is 10.1 Å². The van der Waals surface area contributed by atoms with Crippen molar-refractivity contribution in [2.75, 3.05) is 38.2 Å². The first-order valence-corrected chi connectivity index (χ1v) is 6.88. The zero-order valence-electron chi connectivity index (χ0n) is 12.0. The van der Waals surface area contributed by atoms with Gasteiger partial charge in [0, 0.05) is 43.5 Å². The third kappa shape index (κ3) is 3.91. The Bertz CT molecular complexity index is 473. The maximum absolute atomic E-state index is 10.7. The molecule has 1 aromatic rings. The number of rotatable bonds is 5. The van der Waals surface area contributed by atoms with Crippen molar-refractivity contribution in [3.8, 4) is 0 Å². The number of nitrogens with one attached hydrogen (secondary N) is 1. The Morgan fingerprint density at radius 3 is 2.75 bits per heavy atom. The highest BCUT2D eigenvalue weighted by molar-refractivity contribution is 5.55. The van der Waals surface area contributed by atoms with Crippen molar-refractivity contribution in [2.24, 2.45) is 0 Å². The van der Waals surface area contributed by atoms with Gasteiger partial charge in [0.1, 0.15) is 0 Å². The molecule has 0 spiro atoms. The molecule has 1 aliphatic heterocycles. The highest BCUT2D eigenvalue weighted by atomic mass is 16.6. The quantitative estimate of drug-likeness (QED) is 0.660. The lowest BCUT2D eigenvalue weighted by atomic mass is 10.1. The molecule has 0 amide bonds. The molecule has 0 bridgehead atoms. The molecule has 1 fully saturated rings. The summed E-state index contributed by atoms with van der Waals surface area (Å²) >= 11 is 0. The summed E-state index contributed by atoms with van der Waals surface area (Å²) in [5, 5.41) is 14.1. The molecule has 0 aromatic heterocycles. The predicted octanol–water partition coefficient (Wildman–Crippen LogP) is 2.04. The second-order valence-corrected chi connectivity index (χ2v) is 5.21. The monoisotopic (exact) mass is 279 g/mol. The van der Waals surface area contributed by atoms with E-state index in [1.165, 1.54) is 6.07 Å². The van der Waals surface area contributed by atoms with Crippen LogP contribution in [-0.4, -0.2) is 48.7 Å². The molecule has 0 radical (unpaired) electrons. The Kier molecular flexibility index (Phi) is 4.92. The number of ether oxygens (including phenoxy) is 1. The van der Waals surface area contributed by atoms with Crippen LogP contribution in [0.5, 0.6) is 0 Å². The lowest BCUT2D eigenvalue weighted by Gasteiger charge is -2.30. The van der Waals surface area contributed by atoms with Crippen LogP contribution < -0.4 is 5.32 Å². The van der Waals surface area contributed by atoms with Crippen molar-refractivity contribution < 1.29 is 9.66 Å². The van der Waals surface area contributed by atoms with E-state index in [9.17, 15) is 10.1 Å². The number of hydrogen-bond donors (Lipinski definition) is 1. The van der Waals surface area contributed by atoms with Gasteiger partial charge in [0.05, 0.1) is 18.1 Å². The average Bonchev–Trinajstić information content (AvgIpc) is 2.42. The Morgan fingerprint density at radius 1 is 1.45 bits per heavy atom. The average molecular weight is 279 g/mol. The normalized spacial score (nSPS) is 17.7. The molecule has 1 N–H and O–H groups in total. The van der Waals surface area contributed by atoms with Gasteiger partial charge >= 0.3 is 0 Å². The smallest absolute Gasteiger partial charge is 0.269 e. The predicted molar refractivity (Wildman–Crippen MR) is 78.2 cm³/mol. The van der Waals surface area contributed by atoms with Crippen molar-refractivity contribution in [3.05, 3.63) is 33.9 Å². The van der Waals surface area contributed by atoms with Crippen LogP contribution in [0.2, 0.25) is 0 Å². The SMILES string of the molecule is Cc1cc([N+](=O)[O-])ccc1NC(C)CN1CCOCC1. The summed E-state index contributed by atoms with van der Waals surface area (Å²) in [6.07, 6.45) is 0. The van der Waals surface area contributed by atoms with Crippen molar-refractivity contribution >= 4 is 11.4 Å². The first-order chi connectivity index (χ1) is 9.56. The minimum atomic E-state index is -0.367. The molecule has 2 rings (SSSR count). The van der Waals surface area contributed by atoms with Crippen molar-refractivity contribution in [1.82, 2.24) is 4.90 Å². The first kappa shape index (κ1) is 14.7. The van der Waals surface area contributed by atoms with Crippen molar-refractivity contribution in [3.63, 3.8) is 0 Å². The number of non-ortho nitro benzene ring substituents is 1. The van der Waals surface area contributed by atoms with E-state index in [1.54, 1.807) is 12.1 Å². The molecule has 1 saturated heterocycles. The van der Waals surface area contributed by atoms with Gasteiger partial charge in [-0.25, -0.2) is 0 Å². The lowest BCUT2D eigenvalue weighted by Crippen LogP contribution is -2.42. The van der Waals surface area contributed by atoms with Gasteiger partial charge in [-0.15, -0.1) is 0 Å². The molecule has 6 heteroatoms. The van der Waals surface area contributed by atoms with Gasteiger partial charge in [0.25, 0.3) is 5.69 Å². The third-order valence-electron chi connectivity index (χ3n) is 3.46. The largest absolute Gasteiger partial charge is 0.381 e. The van der Waals surface area contributed by atoms with Crippen molar-refractivity contribution in [2.45, 2.75) is 19.9 Å². The van der Waals surface area contributed by atoms with Crippen LogP contribution in [-0.2, 0) is 4.74 Å². The van der Waals surface area contributed by atoms with Gasteiger partial charge in [0.15, 0.2) is 0 Å². The topological polar surface area (TPSA) is 67.6 Å². The molecule has 1 heterocycles. The van der Waals surface area contributed by atoms with E-state index in [0.29, 0.717) is 0 Å². The fourth-order valence-corrected chi connectivity index (χ4v) is 2.41. The second kappa shape index (κ2) is 6.67. The number of hydrogen-bond acceptors (Lipinski definition) is 5. The maximum atomic E-state index is 10.7. The molecule has 0 saturated carbocycles. The number of nitro benzene ring substituents is 1. The lowest BCUT2D eigenvalue weighted by molar-refractivity contribution is -0.384. The van der Waals surface area contributed by atoms with Crippen LogP contribution in [0.3, 0.4) is 0 Å². The molecule has 1 unspecified atom stereocenters. The standard InChI is InChI=1S/C14H21N3O3/c1-11-9-13(17(18)19)3-4-14(11)15-12(2)10-16-5-7-20-8-6-16/h3-4,9,12,15H,5-8,10H2,1-2H3. The Labute approximate surface area is 118 Å². The van der Waals surface area contributed by atoms with E-state index < -0.39 is 0 Å². The fourth-order valence-electron chi connectivity index (χ4n) is 2.41. The van der Waals surface area contributed by atoms with Gasteiger partial charge in [-0.1, -0.05) is 0 Å². The third-order valence-corrected chi connectivity index (χ3v) is 3.46. The first-order valence-electron chi connectivity index (χ1n) is 6.88. The van der Waals surface area contributed by atoms with Crippen LogP contribution in [0.25, 0.3) is 0 Å². The molecule has 6 nitrogen and oxygen atoms in total. The number of morpholine rings is 1. The molecule has 110 valence electrons. The summed E-state index contributed by atoms with van der Waals surface area (Å²) in [4.78, 5) is 12.7. The molecule has 1 aromatic carbocycles. The number of anilines is 1. The van der Waals surface area contributed by atoms with Crippen molar-refractivity contribution in [1.29, 1.82) is 0 Å². The molecular formula is C14H21N3O3. The molecular weight excluding hydrogens is 258 g/mol. The fraction of sp³-hybridized carbons (Fsp3) is 0.571. The van der Waals surface area contributed by atoms with Gasteiger partial charge in [0.2, 0.25) is 0 Å². The zero-order chi connectivity index (χ0) is 14.5. The van der Waals surface area contributed by atoms with Crippen LogP contribution in [0.4, 0.5) is 11.4 Å². The summed E-state index contributed by atoms with van der Waals surface area (Å²) in [7, 11) is 0. The van der Waals surface area contributed by atoms with E-state index >= 15 is 0 Å². The highest BCUT2D eigenvalue weighted by Crippen LogP contribution is 2.21. The van der Waals surface area contributed by atoms with Crippen LogP contribution in [0.15, 0.2) is 18.2 Å². The molecule has 1 atom stereocenters. The Balaban J connectivity index is 1.93. The number of aryl methyl sites for hydroxylation is 1. The van der Waals surface area contributed by atoms with Crippen LogP contribution in [0, 0.1) is 17.0 Å². The summed E-state index contributed by atoms with van der Waals surface area (Å²) in [5.74, 6) is 0. The summed E-state index contributed by atoms with van der Waals surface area (Å²) in [5.41, 5.74) is 1.98. The zero-order valence-corrected chi connectivity index (χ0v) is 12.0. The Morgan fingerprint density at radius 2 is 2.15 bits per heavy atom. The number of nitrogens with zero attached hydrogens (tertiary/aromatic N) is 2. The number of nitro groups is 1. The van der Waals surface area contributed by atoms with E-state index in [4.69, 9.17) is 4.74 Å². The second-order valence-electron chi connectivity index (χ2n) is 5.21. The maximum Gasteiger partial charge on any atom is 0.269 e. The van der Waals surface area contributed by atoms with Gasteiger partial charge in [-0.3, -0.25) is 15.0 Å². The molecule has 1 aliphatic rings. The highest BCUT2D eigenvalue weighted by Gasteiger charge is 2.15. The van der Waals surface area contributed by atoms with Crippen LogP contribution in [0.1, 0.15) is 12.5 Å². The Hall–Kier alpha value is -1.66. The van der Waals surface area contributed by atoms with E-state index in [1.807, 2.05) is 6.92 Å². The summed E-state index contributed by atoms with van der Waals surface area (Å²) < 4.78 is 5.33. The van der Waals surface area contributed by atoms with Gasteiger partial charge in [-0.2, -0.15) is 0 Å². The van der Waals surface area contributed by atoms with E-state index in [0.717, 1.165) is 44.1 Å². The summed E-state index contributed by atoms with van der Waals surface area (Å²) in [6.45, 7) is 8.47. The molecule has 20 heavy (non-hydrogen) atoms. The minimum absolute atomic E-state index is 0.133. The van der Waals surface area contributed by atoms with Crippen LogP contribution >= 0.6 is 0 Å². The molecule has 0 aliphatic carbocycles.